The molecule has 0 fully saturated rings. The average Bonchev–Trinajstić information content (AvgIpc) is 3.91. The molecule has 0 radical (unpaired) electrons. The largest absolute Gasteiger partial charge is 0.354 e. The molecule has 0 saturated heterocycles. The van der Waals surface area contributed by atoms with Gasteiger partial charge in [0.1, 0.15) is 11.9 Å². The molecule has 5 heteroatoms. The molecule has 0 atom stereocenters. The summed E-state index contributed by atoms with van der Waals surface area (Å²) in [4.78, 5) is 14.3. The van der Waals surface area contributed by atoms with Gasteiger partial charge in [-0.3, -0.25) is 9.55 Å². The van der Waals surface area contributed by atoms with E-state index < -0.39 is 0 Å². The predicted octanol–water partition coefficient (Wildman–Crippen LogP) is 13.9. The molecule has 0 amide bonds. The minimum absolute atomic E-state index is 0.535. The molecule has 3 heterocycles. The lowest BCUT2D eigenvalue weighted by atomic mass is 9.93. The Kier molecular flexibility index (Phi) is 8.46. The first-order chi connectivity index (χ1) is 29.7. The third kappa shape index (κ3) is 5.95. The zero-order valence-electron chi connectivity index (χ0n) is 32.4. The molecular weight excluding hydrogens is 731 g/mol. The minimum Gasteiger partial charge on any atom is -0.354 e. The van der Waals surface area contributed by atoms with Crippen molar-refractivity contribution in [3.8, 4) is 78.9 Å². The van der Waals surface area contributed by atoms with Gasteiger partial charge in [-0.25, -0.2) is 4.98 Å². The number of nitriles is 1. The van der Waals surface area contributed by atoms with Crippen LogP contribution in [0.1, 0.15) is 5.56 Å². The molecule has 8 aromatic carbocycles. The van der Waals surface area contributed by atoms with Crippen LogP contribution in [0.25, 0.3) is 106 Å². The van der Waals surface area contributed by atoms with Crippen LogP contribution < -0.4 is 0 Å². The van der Waals surface area contributed by atoms with Crippen molar-refractivity contribution in [1.82, 2.24) is 19.5 Å². The fraction of sp³-hybridized carbons (Fsp3) is 0. The van der Waals surface area contributed by atoms with Gasteiger partial charge < -0.3 is 4.98 Å². The molecule has 0 saturated carbocycles. The van der Waals surface area contributed by atoms with Crippen LogP contribution >= 0.6 is 0 Å². The van der Waals surface area contributed by atoms with E-state index in [0.29, 0.717) is 5.56 Å². The van der Waals surface area contributed by atoms with Crippen LogP contribution in [0.3, 0.4) is 0 Å². The number of H-pyrrole nitrogens is 1. The Bertz CT molecular complexity index is 3430. The maximum absolute atomic E-state index is 10.1. The highest BCUT2D eigenvalue weighted by molar-refractivity contribution is 6.12. The van der Waals surface area contributed by atoms with E-state index in [1.165, 1.54) is 5.39 Å². The number of pyridine rings is 1. The number of hydrogen-bond donors (Lipinski definition) is 1. The number of fused-ring (bicyclic) bond motifs is 4. The van der Waals surface area contributed by atoms with E-state index >= 15 is 0 Å². The maximum Gasteiger partial charge on any atom is 0.147 e. The Balaban J connectivity index is 1.19. The Morgan fingerprint density at radius 1 is 0.467 bits per heavy atom. The molecule has 1 N–H and O–H groups in total. The predicted molar refractivity (Wildman–Crippen MR) is 246 cm³/mol. The lowest BCUT2D eigenvalue weighted by Crippen LogP contribution is -2.00. The van der Waals surface area contributed by atoms with E-state index in [0.717, 1.165) is 100 Å². The zero-order valence-corrected chi connectivity index (χ0v) is 32.4. The first-order valence-electron chi connectivity index (χ1n) is 20.0. The standard InChI is InChI=1S/C55H35N5/c56-34-42-35-57-50(33-48(42)38-20-8-3-9-21-38)41-31-39(36-16-4-1-5-17-36)30-40(32-41)44-24-15-29-52-54(44)59-55(47-26-14-25-46-45-23-10-12-27-49(45)58-53(46)47)60(52)51-28-13-11-22-43(51)37-18-6-2-7-19-37/h1-33,35,58H. The highest BCUT2D eigenvalue weighted by Crippen LogP contribution is 2.42. The minimum atomic E-state index is 0.535. The molecule has 3 aromatic heterocycles. The fourth-order valence-electron chi connectivity index (χ4n) is 8.63. The average molecular weight is 766 g/mol. The number of aromatic amines is 1. The first kappa shape index (κ1) is 34.9. The Morgan fingerprint density at radius 3 is 1.85 bits per heavy atom. The molecular formula is C55H35N5. The van der Waals surface area contributed by atoms with Gasteiger partial charge in [-0.1, -0.05) is 152 Å². The van der Waals surface area contributed by atoms with Crippen molar-refractivity contribution in [1.29, 1.82) is 5.26 Å². The second-order valence-corrected chi connectivity index (χ2v) is 15.0. The Hall–Kier alpha value is -8.33. The highest BCUT2D eigenvalue weighted by atomic mass is 15.1. The molecule has 0 aliphatic heterocycles. The van der Waals surface area contributed by atoms with Gasteiger partial charge in [0.2, 0.25) is 0 Å². The number of nitrogens with one attached hydrogen (secondary N) is 1. The third-order valence-electron chi connectivity index (χ3n) is 11.5. The molecule has 0 aliphatic carbocycles. The molecule has 11 rings (SSSR count). The van der Waals surface area contributed by atoms with Crippen molar-refractivity contribution in [3.63, 3.8) is 0 Å². The van der Waals surface area contributed by atoms with Crippen molar-refractivity contribution in [3.05, 3.63) is 212 Å². The summed E-state index contributed by atoms with van der Waals surface area (Å²) in [6, 6.07) is 72.2. The SMILES string of the molecule is N#Cc1cnc(-c2cc(-c3ccccc3)cc(-c3cccc4c3nc(-c3cccc5c3[nH]c3ccccc35)n4-c3ccccc3-c3ccccc3)c2)cc1-c1ccccc1. The molecule has 11 aromatic rings. The van der Waals surface area contributed by atoms with E-state index in [4.69, 9.17) is 9.97 Å². The smallest absolute Gasteiger partial charge is 0.147 e. The number of imidazole rings is 1. The van der Waals surface area contributed by atoms with Gasteiger partial charge in [-0.15, -0.1) is 0 Å². The Labute approximate surface area is 347 Å². The first-order valence-corrected chi connectivity index (χ1v) is 20.0. The van der Waals surface area contributed by atoms with Gasteiger partial charge in [0.25, 0.3) is 0 Å². The highest BCUT2D eigenvalue weighted by Gasteiger charge is 2.23. The quantitative estimate of drug-likeness (QED) is 0.176. The van der Waals surface area contributed by atoms with Crippen molar-refractivity contribution >= 4 is 32.8 Å². The number of aromatic nitrogens is 4. The fourth-order valence-corrected chi connectivity index (χ4v) is 8.63. The van der Waals surface area contributed by atoms with Gasteiger partial charge >= 0.3 is 0 Å². The van der Waals surface area contributed by atoms with Crippen LogP contribution in [0.2, 0.25) is 0 Å². The third-order valence-corrected chi connectivity index (χ3v) is 11.5. The number of benzene rings is 8. The van der Waals surface area contributed by atoms with E-state index in [-0.39, 0.29) is 0 Å². The summed E-state index contributed by atoms with van der Waals surface area (Å²) in [6.07, 6.45) is 1.69. The van der Waals surface area contributed by atoms with Gasteiger partial charge in [0.05, 0.1) is 33.5 Å². The van der Waals surface area contributed by atoms with E-state index in [9.17, 15) is 5.26 Å². The summed E-state index contributed by atoms with van der Waals surface area (Å²) in [5.74, 6) is 0.846. The summed E-state index contributed by atoms with van der Waals surface area (Å²) in [7, 11) is 0. The molecule has 280 valence electrons. The van der Waals surface area contributed by atoms with Crippen molar-refractivity contribution in [2.24, 2.45) is 0 Å². The van der Waals surface area contributed by atoms with Crippen molar-refractivity contribution < 1.29 is 0 Å². The monoisotopic (exact) mass is 765 g/mol. The molecule has 0 spiro atoms. The van der Waals surface area contributed by atoms with Crippen LogP contribution in [-0.4, -0.2) is 19.5 Å². The molecule has 60 heavy (non-hydrogen) atoms. The van der Waals surface area contributed by atoms with Gasteiger partial charge in [0.15, 0.2) is 0 Å². The van der Waals surface area contributed by atoms with Crippen LogP contribution in [0.5, 0.6) is 0 Å². The zero-order chi connectivity index (χ0) is 40.0. The summed E-state index contributed by atoms with van der Waals surface area (Å²) in [6.45, 7) is 0. The summed E-state index contributed by atoms with van der Waals surface area (Å²) in [5, 5.41) is 12.4. The van der Waals surface area contributed by atoms with Crippen LogP contribution in [0.4, 0.5) is 0 Å². The van der Waals surface area contributed by atoms with E-state index in [1.807, 2.05) is 42.5 Å². The second kappa shape index (κ2) is 14.6. The number of rotatable bonds is 7. The van der Waals surface area contributed by atoms with Crippen molar-refractivity contribution in [2.45, 2.75) is 0 Å². The Morgan fingerprint density at radius 2 is 1.07 bits per heavy atom. The summed E-state index contributed by atoms with van der Waals surface area (Å²) >= 11 is 0. The number of para-hydroxylation sites is 4. The van der Waals surface area contributed by atoms with Gasteiger partial charge in [-0.2, -0.15) is 5.26 Å². The van der Waals surface area contributed by atoms with E-state index in [1.54, 1.807) is 6.20 Å². The lowest BCUT2D eigenvalue weighted by molar-refractivity contribution is 1.11. The molecule has 0 bridgehead atoms. The molecule has 0 aliphatic rings. The van der Waals surface area contributed by atoms with Gasteiger partial charge in [-0.05, 0) is 76.3 Å². The van der Waals surface area contributed by atoms with Crippen LogP contribution in [0.15, 0.2) is 206 Å². The number of nitrogens with zero attached hydrogens (tertiary/aromatic N) is 4. The van der Waals surface area contributed by atoms with E-state index in [2.05, 4.69) is 173 Å². The van der Waals surface area contributed by atoms with Gasteiger partial charge in [0, 0.05) is 50.3 Å². The van der Waals surface area contributed by atoms with Crippen molar-refractivity contribution in [2.75, 3.05) is 0 Å². The second-order valence-electron chi connectivity index (χ2n) is 15.0. The number of hydrogen-bond acceptors (Lipinski definition) is 3. The molecule has 0 unspecified atom stereocenters. The van der Waals surface area contributed by atoms with Crippen LogP contribution in [0, 0.1) is 11.3 Å². The normalized spacial score (nSPS) is 11.3. The topological polar surface area (TPSA) is 70.3 Å². The lowest BCUT2D eigenvalue weighted by Gasteiger charge is -2.15. The molecule has 5 nitrogen and oxygen atoms in total. The maximum atomic E-state index is 10.1. The van der Waals surface area contributed by atoms with Crippen LogP contribution in [-0.2, 0) is 0 Å². The summed E-state index contributed by atoms with van der Waals surface area (Å²) < 4.78 is 2.33. The summed E-state index contributed by atoms with van der Waals surface area (Å²) in [5.41, 5.74) is 16.6.